The highest BCUT2D eigenvalue weighted by Crippen LogP contribution is 2.11. The lowest BCUT2D eigenvalue weighted by atomic mass is 10.1. The first-order valence-corrected chi connectivity index (χ1v) is 6.68. The standard InChI is InChI=1S/C14H21N3O3/c1-2-15-7-4-8-16-14(20)17-12-6-3-5-11(9-12)10-13(18)19/h3,5-6,9,15H,2,4,7-8,10H2,1H3,(H,18,19)(H2,16,17,20). The zero-order valence-electron chi connectivity index (χ0n) is 11.6. The van der Waals surface area contributed by atoms with Gasteiger partial charge in [-0.05, 0) is 37.2 Å². The van der Waals surface area contributed by atoms with E-state index in [-0.39, 0.29) is 12.5 Å². The summed E-state index contributed by atoms with van der Waals surface area (Å²) >= 11 is 0. The lowest BCUT2D eigenvalue weighted by Gasteiger charge is -2.08. The zero-order valence-corrected chi connectivity index (χ0v) is 11.6. The summed E-state index contributed by atoms with van der Waals surface area (Å²) in [7, 11) is 0. The monoisotopic (exact) mass is 279 g/mol. The number of carbonyl (C=O) groups is 2. The molecule has 0 spiro atoms. The smallest absolute Gasteiger partial charge is 0.319 e. The Kier molecular flexibility index (Phi) is 7.13. The fourth-order valence-electron chi connectivity index (χ4n) is 1.70. The summed E-state index contributed by atoms with van der Waals surface area (Å²) in [6.45, 7) is 4.41. The second-order valence-corrected chi connectivity index (χ2v) is 4.36. The van der Waals surface area contributed by atoms with Crippen LogP contribution in [0.3, 0.4) is 0 Å². The van der Waals surface area contributed by atoms with Crippen LogP contribution in [0.25, 0.3) is 0 Å². The molecule has 0 radical (unpaired) electrons. The van der Waals surface area contributed by atoms with Gasteiger partial charge in [0.15, 0.2) is 0 Å². The molecule has 6 heteroatoms. The molecule has 0 aliphatic carbocycles. The summed E-state index contributed by atoms with van der Waals surface area (Å²) in [6.07, 6.45) is 0.806. The van der Waals surface area contributed by atoms with E-state index in [1.165, 1.54) is 0 Å². The number of carbonyl (C=O) groups excluding carboxylic acids is 1. The van der Waals surface area contributed by atoms with E-state index in [9.17, 15) is 9.59 Å². The largest absolute Gasteiger partial charge is 0.481 e. The van der Waals surface area contributed by atoms with Gasteiger partial charge in [0, 0.05) is 12.2 Å². The van der Waals surface area contributed by atoms with Crippen molar-refractivity contribution < 1.29 is 14.7 Å². The Morgan fingerprint density at radius 3 is 2.75 bits per heavy atom. The molecule has 0 heterocycles. The van der Waals surface area contributed by atoms with Crippen molar-refractivity contribution in [3.8, 4) is 0 Å². The summed E-state index contributed by atoms with van der Waals surface area (Å²) < 4.78 is 0. The van der Waals surface area contributed by atoms with Gasteiger partial charge in [0.1, 0.15) is 0 Å². The Morgan fingerprint density at radius 1 is 1.25 bits per heavy atom. The lowest BCUT2D eigenvalue weighted by Crippen LogP contribution is -2.31. The number of hydrogen-bond donors (Lipinski definition) is 4. The molecule has 0 aromatic heterocycles. The zero-order chi connectivity index (χ0) is 14.8. The third-order valence-electron chi connectivity index (χ3n) is 2.61. The topological polar surface area (TPSA) is 90.5 Å². The van der Waals surface area contributed by atoms with Gasteiger partial charge in [-0.25, -0.2) is 4.79 Å². The van der Waals surface area contributed by atoms with E-state index >= 15 is 0 Å². The number of rotatable bonds is 8. The van der Waals surface area contributed by atoms with Crippen LogP contribution in [0.5, 0.6) is 0 Å². The molecule has 20 heavy (non-hydrogen) atoms. The molecule has 0 saturated heterocycles. The van der Waals surface area contributed by atoms with E-state index in [1.807, 2.05) is 6.92 Å². The summed E-state index contributed by atoms with van der Waals surface area (Å²) in [5, 5.41) is 17.3. The van der Waals surface area contributed by atoms with Crippen LogP contribution < -0.4 is 16.0 Å². The summed E-state index contributed by atoms with van der Waals surface area (Å²) in [5.41, 5.74) is 1.25. The maximum absolute atomic E-state index is 11.6. The Morgan fingerprint density at radius 2 is 2.05 bits per heavy atom. The molecule has 1 aromatic carbocycles. The predicted molar refractivity (Wildman–Crippen MR) is 78.0 cm³/mol. The highest BCUT2D eigenvalue weighted by Gasteiger charge is 2.04. The van der Waals surface area contributed by atoms with E-state index in [4.69, 9.17) is 5.11 Å². The quantitative estimate of drug-likeness (QED) is 0.542. The van der Waals surface area contributed by atoms with Crippen LogP contribution in [-0.4, -0.2) is 36.7 Å². The van der Waals surface area contributed by atoms with Crippen molar-refractivity contribution in [2.24, 2.45) is 0 Å². The number of carboxylic acids is 1. The van der Waals surface area contributed by atoms with E-state index < -0.39 is 5.97 Å². The van der Waals surface area contributed by atoms with Crippen LogP contribution in [0.1, 0.15) is 18.9 Å². The van der Waals surface area contributed by atoms with Crippen molar-refractivity contribution in [3.05, 3.63) is 29.8 Å². The summed E-state index contributed by atoms with van der Waals surface area (Å²) in [4.78, 5) is 22.2. The third kappa shape index (κ3) is 6.75. The molecule has 110 valence electrons. The molecule has 1 aromatic rings. The van der Waals surface area contributed by atoms with Gasteiger partial charge in [-0.1, -0.05) is 19.1 Å². The lowest BCUT2D eigenvalue weighted by molar-refractivity contribution is -0.136. The van der Waals surface area contributed by atoms with Gasteiger partial charge < -0.3 is 21.1 Å². The molecule has 0 bridgehead atoms. The molecule has 0 unspecified atom stereocenters. The fourth-order valence-corrected chi connectivity index (χ4v) is 1.70. The number of aliphatic carboxylic acids is 1. The van der Waals surface area contributed by atoms with Crippen molar-refractivity contribution in [2.45, 2.75) is 19.8 Å². The first-order chi connectivity index (χ1) is 9.61. The summed E-state index contributed by atoms with van der Waals surface area (Å²) in [6, 6.07) is 6.54. The SMILES string of the molecule is CCNCCCNC(=O)Nc1cccc(CC(=O)O)c1. The number of benzene rings is 1. The predicted octanol–water partition coefficient (Wildman–Crippen LogP) is 1.43. The molecule has 0 aliphatic rings. The van der Waals surface area contributed by atoms with E-state index in [0.29, 0.717) is 17.8 Å². The van der Waals surface area contributed by atoms with Crippen molar-refractivity contribution in [2.75, 3.05) is 25.0 Å². The highest BCUT2D eigenvalue weighted by atomic mass is 16.4. The molecule has 2 amide bonds. The first-order valence-electron chi connectivity index (χ1n) is 6.68. The van der Waals surface area contributed by atoms with Crippen molar-refractivity contribution in [1.29, 1.82) is 0 Å². The van der Waals surface area contributed by atoms with Gasteiger partial charge >= 0.3 is 12.0 Å². The van der Waals surface area contributed by atoms with Crippen LogP contribution >= 0.6 is 0 Å². The molecule has 1 rings (SSSR count). The van der Waals surface area contributed by atoms with Gasteiger partial charge in [0.25, 0.3) is 0 Å². The molecule has 0 atom stereocenters. The molecule has 4 N–H and O–H groups in total. The maximum Gasteiger partial charge on any atom is 0.319 e. The Labute approximate surface area is 118 Å². The first kappa shape index (κ1) is 16.0. The third-order valence-corrected chi connectivity index (χ3v) is 2.61. The average Bonchev–Trinajstić information content (AvgIpc) is 2.38. The second-order valence-electron chi connectivity index (χ2n) is 4.36. The van der Waals surface area contributed by atoms with Gasteiger partial charge in [0.05, 0.1) is 6.42 Å². The number of carboxylic acid groups (broad SMARTS) is 1. The number of amides is 2. The Hall–Kier alpha value is -2.08. The fraction of sp³-hybridized carbons (Fsp3) is 0.429. The number of nitrogens with one attached hydrogen (secondary N) is 3. The molecule has 0 aliphatic heterocycles. The average molecular weight is 279 g/mol. The normalized spacial score (nSPS) is 10.1. The van der Waals surface area contributed by atoms with Gasteiger partial charge in [-0.15, -0.1) is 0 Å². The van der Waals surface area contributed by atoms with Gasteiger partial charge in [-0.3, -0.25) is 4.79 Å². The minimum absolute atomic E-state index is 0.0557. The number of urea groups is 1. The minimum Gasteiger partial charge on any atom is -0.481 e. The summed E-state index contributed by atoms with van der Waals surface area (Å²) in [5.74, 6) is -0.893. The molecule has 0 saturated carbocycles. The minimum atomic E-state index is -0.893. The van der Waals surface area contributed by atoms with Crippen LogP contribution in [0.4, 0.5) is 10.5 Å². The Balaban J connectivity index is 2.36. The number of hydrogen-bond acceptors (Lipinski definition) is 3. The highest BCUT2D eigenvalue weighted by molar-refractivity contribution is 5.89. The van der Waals surface area contributed by atoms with Crippen molar-refractivity contribution in [3.63, 3.8) is 0 Å². The van der Waals surface area contributed by atoms with Crippen molar-refractivity contribution >= 4 is 17.7 Å². The van der Waals surface area contributed by atoms with Crippen molar-refractivity contribution in [1.82, 2.24) is 10.6 Å². The molecule has 6 nitrogen and oxygen atoms in total. The molecular formula is C14H21N3O3. The van der Waals surface area contributed by atoms with Gasteiger partial charge in [0.2, 0.25) is 0 Å². The van der Waals surface area contributed by atoms with E-state index in [2.05, 4.69) is 16.0 Å². The van der Waals surface area contributed by atoms with Crippen LogP contribution in [0.15, 0.2) is 24.3 Å². The van der Waals surface area contributed by atoms with E-state index in [0.717, 1.165) is 19.5 Å². The van der Waals surface area contributed by atoms with Crippen LogP contribution in [-0.2, 0) is 11.2 Å². The van der Waals surface area contributed by atoms with Crippen LogP contribution in [0, 0.1) is 0 Å². The van der Waals surface area contributed by atoms with Gasteiger partial charge in [-0.2, -0.15) is 0 Å². The Bertz CT molecular complexity index is 449. The molecular weight excluding hydrogens is 258 g/mol. The van der Waals surface area contributed by atoms with E-state index in [1.54, 1.807) is 24.3 Å². The molecule has 0 fully saturated rings. The second kappa shape index (κ2) is 8.92. The number of anilines is 1. The van der Waals surface area contributed by atoms with Crippen LogP contribution in [0.2, 0.25) is 0 Å². The maximum atomic E-state index is 11.6.